The quantitative estimate of drug-likeness (QED) is 0.449. The van der Waals surface area contributed by atoms with Crippen molar-refractivity contribution in [3.05, 3.63) is 90.0 Å². The van der Waals surface area contributed by atoms with Crippen molar-refractivity contribution in [2.24, 2.45) is 0 Å². The van der Waals surface area contributed by atoms with Crippen LogP contribution in [0.4, 0.5) is 5.69 Å². The molecule has 0 saturated carbocycles. The van der Waals surface area contributed by atoms with E-state index in [2.05, 4.69) is 5.32 Å². The summed E-state index contributed by atoms with van der Waals surface area (Å²) < 4.78 is 33.0. The van der Waals surface area contributed by atoms with Crippen molar-refractivity contribution < 1.29 is 22.7 Å². The molecular weight excluding hydrogens is 502 g/mol. The van der Waals surface area contributed by atoms with Crippen LogP contribution in [0.1, 0.15) is 35.2 Å². The van der Waals surface area contributed by atoms with Gasteiger partial charge in [0.2, 0.25) is 15.9 Å². The van der Waals surface area contributed by atoms with Gasteiger partial charge in [0.25, 0.3) is 5.91 Å². The van der Waals surface area contributed by atoms with Crippen LogP contribution in [0.25, 0.3) is 0 Å². The molecule has 3 aromatic rings. The molecule has 1 aliphatic rings. The SMILES string of the molecule is COc1ccc(N(C)C(=O)[C@H](Cc2ccccc2)NC(=O)c2cccc(S(=O)(=O)N3CCCCC3)c2)cc1. The molecule has 0 bridgehead atoms. The number of rotatable bonds is 9. The smallest absolute Gasteiger partial charge is 0.251 e. The Hall–Kier alpha value is -3.69. The van der Waals surface area contributed by atoms with Gasteiger partial charge in [0.1, 0.15) is 11.8 Å². The molecule has 0 aliphatic carbocycles. The Morgan fingerprint density at radius 2 is 1.63 bits per heavy atom. The van der Waals surface area contributed by atoms with E-state index in [-0.39, 0.29) is 22.8 Å². The molecule has 1 N–H and O–H groups in total. The Balaban J connectivity index is 1.57. The zero-order valence-electron chi connectivity index (χ0n) is 21.7. The largest absolute Gasteiger partial charge is 0.497 e. The highest BCUT2D eigenvalue weighted by Gasteiger charge is 2.28. The molecule has 0 aromatic heterocycles. The monoisotopic (exact) mass is 535 g/mol. The third kappa shape index (κ3) is 6.41. The summed E-state index contributed by atoms with van der Waals surface area (Å²) in [5.41, 5.74) is 1.72. The van der Waals surface area contributed by atoms with Gasteiger partial charge in [-0.2, -0.15) is 4.31 Å². The van der Waals surface area contributed by atoms with Gasteiger partial charge in [0.15, 0.2) is 0 Å². The Bertz CT molecular complexity index is 1350. The minimum atomic E-state index is -3.70. The maximum absolute atomic E-state index is 13.6. The average Bonchev–Trinajstić information content (AvgIpc) is 2.97. The van der Waals surface area contributed by atoms with Crippen LogP contribution in [0.5, 0.6) is 5.75 Å². The molecule has 0 spiro atoms. The predicted molar refractivity (Wildman–Crippen MR) is 147 cm³/mol. The lowest BCUT2D eigenvalue weighted by Crippen LogP contribution is -2.48. The number of hydrogen-bond donors (Lipinski definition) is 1. The van der Waals surface area contributed by atoms with Crippen LogP contribution in [0, 0.1) is 0 Å². The van der Waals surface area contributed by atoms with Crippen molar-refractivity contribution in [2.75, 3.05) is 32.1 Å². The molecule has 200 valence electrons. The van der Waals surface area contributed by atoms with Gasteiger partial charge in [-0.15, -0.1) is 0 Å². The molecule has 8 nitrogen and oxygen atoms in total. The summed E-state index contributed by atoms with van der Waals surface area (Å²) in [5, 5.41) is 2.85. The second-order valence-corrected chi connectivity index (χ2v) is 11.2. The second-order valence-electron chi connectivity index (χ2n) is 9.30. The molecule has 1 aliphatic heterocycles. The van der Waals surface area contributed by atoms with E-state index < -0.39 is 22.0 Å². The summed E-state index contributed by atoms with van der Waals surface area (Å²) in [5.74, 6) is -0.148. The van der Waals surface area contributed by atoms with Gasteiger partial charge in [-0.25, -0.2) is 8.42 Å². The number of carbonyl (C=O) groups excluding carboxylic acids is 2. The first-order valence-electron chi connectivity index (χ1n) is 12.7. The molecule has 0 unspecified atom stereocenters. The van der Waals surface area contributed by atoms with Gasteiger partial charge < -0.3 is 15.0 Å². The Labute approximate surface area is 224 Å². The molecule has 1 heterocycles. The molecule has 9 heteroatoms. The summed E-state index contributed by atoms with van der Waals surface area (Å²) in [7, 11) is -0.474. The van der Waals surface area contributed by atoms with E-state index in [1.807, 2.05) is 30.3 Å². The molecule has 3 aromatic carbocycles. The fourth-order valence-corrected chi connectivity index (χ4v) is 6.07. The third-order valence-corrected chi connectivity index (χ3v) is 8.62. The number of piperidine rings is 1. The number of sulfonamides is 1. The van der Waals surface area contributed by atoms with E-state index in [0.717, 1.165) is 24.8 Å². The fourth-order valence-electron chi connectivity index (χ4n) is 4.51. The van der Waals surface area contributed by atoms with Crippen LogP contribution in [0.2, 0.25) is 0 Å². The van der Waals surface area contributed by atoms with Crippen molar-refractivity contribution in [3.8, 4) is 5.75 Å². The summed E-state index contributed by atoms with van der Waals surface area (Å²) in [6.07, 6.45) is 2.93. The van der Waals surface area contributed by atoms with Crippen molar-refractivity contribution in [1.29, 1.82) is 0 Å². The predicted octanol–water partition coefficient (Wildman–Crippen LogP) is 3.87. The first-order chi connectivity index (χ1) is 18.3. The van der Waals surface area contributed by atoms with Crippen LogP contribution in [0.3, 0.4) is 0 Å². The zero-order chi connectivity index (χ0) is 27.1. The van der Waals surface area contributed by atoms with Crippen molar-refractivity contribution in [1.82, 2.24) is 9.62 Å². The van der Waals surface area contributed by atoms with Gasteiger partial charge in [0.05, 0.1) is 12.0 Å². The summed E-state index contributed by atoms with van der Waals surface area (Å²) >= 11 is 0. The first-order valence-corrected chi connectivity index (χ1v) is 14.1. The summed E-state index contributed by atoms with van der Waals surface area (Å²) in [6, 6.07) is 21.6. The van der Waals surface area contributed by atoms with Crippen LogP contribution in [-0.4, -0.2) is 57.8 Å². The van der Waals surface area contributed by atoms with E-state index in [1.165, 1.54) is 21.3 Å². The molecule has 1 fully saturated rings. The molecular formula is C29H33N3O5S. The minimum Gasteiger partial charge on any atom is -0.497 e. The topological polar surface area (TPSA) is 96.0 Å². The second kappa shape index (κ2) is 12.2. The van der Waals surface area contributed by atoms with Gasteiger partial charge >= 0.3 is 0 Å². The van der Waals surface area contributed by atoms with Gasteiger partial charge in [0, 0.05) is 37.8 Å². The van der Waals surface area contributed by atoms with Gasteiger partial charge in [-0.05, 0) is 60.9 Å². The lowest BCUT2D eigenvalue weighted by atomic mass is 10.0. The van der Waals surface area contributed by atoms with Crippen LogP contribution >= 0.6 is 0 Å². The maximum atomic E-state index is 13.6. The number of likely N-dealkylation sites (N-methyl/N-ethyl adjacent to an activating group) is 1. The highest BCUT2D eigenvalue weighted by atomic mass is 32.2. The van der Waals surface area contributed by atoms with E-state index in [1.54, 1.807) is 50.6 Å². The van der Waals surface area contributed by atoms with Crippen LogP contribution < -0.4 is 15.0 Å². The molecule has 4 rings (SSSR count). The van der Waals surface area contributed by atoms with Crippen molar-refractivity contribution >= 4 is 27.5 Å². The number of nitrogens with one attached hydrogen (secondary N) is 1. The van der Waals surface area contributed by atoms with E-state index >= 15 is 0 Å². The lowest BCUT2D eigenvalue weighted by Gasteiger charge is -2.26. The summed E-state index contributed by atoms with van der Waals surface area (Å²) in [4.78, 5) is 28.5. The van der Waals surface area contributed by atoms with E-state index in [9.17, 15) is 18.0 Å². The Morgan fingerprint density at radius 3 is 2.29 bits per heavy atom. The zero-order valence-corrected chi connectivity index (χ0v) is 22.5. The lowest BCUT2D eigenvalue weighted by molar-refractivity contribution is -0.120. The maximum Gasteiger partial charge on any atom is 0.251 e. The van der Waals surface area contributed by atoms with Crippen molar-refractivity contribution in [3.63, 3.8) is 0 Å². The van der Waals surface area contributed by atoms with Crippen molar-refractivity contribution in [2.45, 2.75) is 36.6 Å². The third-order valence-electron chi connectivity index (χ3n) is 6.73. The average molecular weight is 536 g/mol. The number of benzene rings is 3. The van der Waals surface area contributed by atoms with E-state index in [0.29, 0.717) is 24.5 Å². The summed E-state index contributed by atoms with van der Waals surface area (Å²) in [6.45, 7) is 0.953. The fraction of sp³-hybridized carbons (Fsp3) is 0.310. The van der Waals surface area contributed by atoms with Gasteiger partial charge in [-0.3, -0.25) is 9.59 Å². The Morgan fingerprint density at radius 1 is 0.947 bits per heavy atom. The van der Waals surface area contributed by atoms with E-state index in [4.69, 9.17) is 4.74 Å². The molecule has 0 radical (unpaired) electrons. The van der Waals surface area contributed by atoms with Crippen LogP contribution in [-0.2, 0) is 21.2 Å². The number of methoxy groups -OCH3 is 1. The van der Waals surface area contributed by atoms with Crippen LogP contribution in [0.15, 0.2) is 83.8 Å². The molecule has 1 saturated heterocycles. The number of anilines is 1. The first kappa shape index (κ1) is 27.3. The molecule has 1 atom stereocenters. The number of ether oxygens (including phenoxy) is 1. The number of hydrogen-bond acceptors (Lipinski definition) is 5. The molecule has 38 heavy (non-hydrogen) atoms. The highest BCUT2D eigenvalue weighted by molar-refractivity contribution is 7.89. The Kier molecular flexibility index (Phi) is 8.81. The minimum absolute atomic E-state index is 0.0772. The normalized spacial score (nSPS) is 14.9. The highest BCUT2D eigenvalue weighted by Crippen LogP contribution is 2.22. The van der Waals surface area contributed by atoms with Gasteiger partial charge in [-0.1, -0.05) is 42.8 Å². The standard InChI is InChI=1S/C29H33N3O5S/c1-31(24-14-16-25(37-2)17-15-24)29(34)27(20-22-10-5-3-6-11-22)30-28(33)23-12-9-13-26(21-23)38(35,36)32-18-7-4-8-19-32/h3,5-6,9-17,21,27H,4,7-8,18-20H2,1-2H3,(H,30,33)/t27-/m0/s1. The number of nitrogens with zero attached hydrogens (tertiary/aromatic N) is 2. The number of amides is 2. The number of carbonyl (C=O) groups is 2. The molecule has 2 amide bonds.